The van der Waals surface area contributed by atoms with Crippen molar-refractivity contribution in [2.75, 3.05) is 0 Å². The first-order valence-corrected chi connectivity index (χ1v) is 5.08. The van der Waals surface area contributed by atoms with Crippen LogP contribution in [-0.2, 0) is 13.0 Å². The van der Waals surface area contributed by atoms with Gasteiger partial charge in [0, 0.05) is 12.2 Å². The Balaban J connectivity index is 2.74. The van der Waals surface area contributed by atoms with E-state index in [0.29, 0.717) is 5.92 Å². The third-order valence-electron chi connectivity index (χ3n) is 2.18. The highest BCUT2D eigenvalue weighted by Gasteiger charge is 2.07. The molecule has 1 rings (SSSR count). The zero-order valence-corrected chi connectivity index (χ0v) is 9.09. The molecule has 0 unspecified atom stereocenters. The minimum absolute atomic E-state index is 0.678. The molecule has 0 aliphatic heterocycles. The quantitative estimate of drug-likeness (QED) is 0.694. The van der Waals surface area contributed by atoms with Crippen LogP contribution < -0.4 is 0 Å². The van der Waals surface area contributed by atoms with E-state index in [-0.39, 0.29) is 0 Å². The first-order valence-electron chi connectivity index (χ1n) is 5.08. The smallest absolute Gasteiger partial charge is 0.176 e. The minimum atomic E-state index is 0.678. The molecule has 0 aliphatic rings. The van der Waals surface area contributed by atoms with Gasteiger partial charge in [0.25, 0.3) is 0 Å². The summed E-state index contributed by atoms with van der Waals surface area (Å²) >= 11 is 0. The zero-order valence-electron chi connectivity index (χ0n) is 9.09. The van der Waals surface area contributed by atoms with Gasteiger partial charge in [-0.1, -0.05) is 20.8 Å². The summed E-state index contributed by atoms with van der Waals surface area (Å²) in [6, 6.07) is 0. The van der Waals surface area contributed by atoms with Gasteiger partial charge in [0.05, 0.1) is 5.69 Å². The monoisotopic (exact) mass is 179 g/mol. The summed E-state index contributed by atoms with van der Waals surface area (Å²) in [4.78, 5) is 4.31. The summed E-state index contributed by atoms with van der Waals surface area (Å²) in [6.45, 7) is 9.79. The molecule has 0 aliphatic carbocycles. The second-order valence-electron chi connectivity index (χ2n) is 3.99. The first kappa shape index (κ1) is 10.3. The highest BCUT2D eigenvalue weighted by Crippen LogP contribution is 2.11. The van der Waals surface area contributed by atoms with Crippen molar-refractivity contribution in [3.8, 4) is 0 Å². The third kappa shape index (κ3) is 2.58. The molecule has 1 aromatic rings. The molecule has 0 fully saturated rings. The van der Waals surface area contributed by atoms with Crippen molar-refractivity contribution >= 4 is 0 Å². The van der Waals surface area contributed by atoms with E-state index in [0.717, 1.165) is 19.4 Å². The number of hydrogen-bond acceptors (Lipinski definition) is 1. The van der Waals surface area contributed by atoms with Gasteiger partial charge in [0.1, 0.15) is 0 Å². The molecule has 0 spiro atoms. The molecule has 1 heterocycles. The Labute approximate surface area is 81.0 Å². The highest BCUT2D eigenvalue weighted by atomic mass is 15.0. The van der Waals surface area contributed by atoms with Gasteiger partial charge < -0.3 is 4.57 Å². The molecule has 0 amide bonds. The Morgan fingerprint density at radius 2 is 2.15 bits per heavy atom. The van der Waals surface area contributed by atoms with E-state index in [1.165, 1.54) is 11.4 Å². The number of aryl methyl sites for hydroxylation is 1. The molecule has 0 N–H and O–H groups in total. The van der Waals surface area contributed by atoms with Gasteiger partial charge in [0.2, 0.25) is 0 Å². The Bertz CT molecular complexity index is 261. The van der Waals surface area contributed by atoms with Crippen molar-refractivity contribution in [2.45, 2.75) is 47.1 Å². The molecular weight excluding hydrogens is 160 g/mol. The molecule has 1 aromatic heterocycles. The summed E-state index contributed by atoms with van der Waals surface area (Å²) in [6.07, 6.45) is 5.26. The van der Waals surface area contributed by atoms with E-state index in [4.69, 9.17) is 0 Å². The fourth-order valence-electron chi connectivity index (χ4n) is 1.45. The molecule has 1 radical (unpaired) electrons. The minimum Gasteiger partial charge on any atom is -0.326 e. The van der Waals surface area contributed by atoms with E-state index < -0.39 is 0 Å². The molecule has 2 heteroatoms. The standard InChI is InChI=1S/C11H19N2/c1-5-6-13-8-12-11(10(13)4)7-9(2)3/h9H,5-7H2,1-4H3. The van der Waals surface area contributed by atoms with Crippen LogP contribution >= 0.6 is 0 Å². The Morgan fingerprint density at radius 3 is 2.69 bits per heavy atom. The Kier molecular flexibility index (Phi) is 3.52. The molecule has 2 nitrogen and oxygen atoms in total. The zero-order chi connectivity index (χ0) is 9.84. The van der Waals surface area contributed by atoms with Crippen molar-refractivity contribution in [3.05, 3.63) is 17.7 Å². The molecule has 0 atom stereocenters. The van der Waals surface area contributed by atoms with Crippen molar-refractivity contribution in [1.82, 2.24) is 9.55 Å². The molecule has 0 saturated carbocycles. The van der Waals surface area contributed by atoms with Crippen LogP contribution in [0.3, 0.4) is 0 Å². The summed E-state index contributed by atoms with van der Waals surface area (Å²) < 4.78 is 2.12. The predicted octanol–water partition coefficient (Wildman–Crippen LogP) is 2.60. The van der Waals surface area contributed by atoms with Gasteiger partial charge in [-0.25, -0.2) is 4.98 Å². The van der Waals surface area contributed by atoms with Gasteiger partial charge >= 0.3 is 0 Å². The lowest BCUT2D eigenvalue weighted by Crippen LogP contribution is -2.01. The lowest BCUT2D eigenvalue weighted by atomic mass is 10.1. The van der Waals surface area contributed by atoms with Crippen molar-refractivity contribution < 1.29 is 0 Å². The number of rotatable bonds is 4. The Morgan fingerprint density at radius 1 is 1.46 bits per heavy atom. The van der Waals surface area contributed by atoms with E-state index in [9.17, 15) is 0 Å². The van der Waals surface area contributed by atoms with Crippen LogP contribution in [0.5, 0.6) is 0 Å². The van der Waals surface area contributed by atoms with Crippen LogP contribution in [0, 0.1) is 19.2 Å². The van der Waals surface area contributed by atoms with Crippen molar-refractivity contribution in [2.24, 2.45) is 5.92 Å². The third-order valence-corrected chi connectivity index (χ3v) is 2.18. The van der Waals surface area contributed by atoms with Crippen LogP contribution in [0.2, 0.25) is 0 Å². The number of aromatic nitrogens is 2. The maximum absolute atomic E-state index is 4.31. The maximum atomic E-state index is 4.31. The van der Waals surface area contributed by atoms with Crippen molar-refractivity contribution in [1.29, 1.82) is 0 Å². The molecule has 73 valence electrons. The second-order valence-corrected chi connectivity index (χ2v) is 3.99. The van der Waals surface area contributed by atoms with Gasteiger partial charge in [-0.3, -0.25) is 0 Å². The van der Waals surface area contributed by atoms with E-state index >= 15 is 0 Å². The molecule has 0 aromatic carbocycles. The average Bonchev–Trinajstić information content (AvgIpc) is 2.36. The largest absolute Gasteiger partial charge is 0.326 e. The lowest BCUT2D eigenvalue weighted by molar-refractivity contribution is 0.626. The highest BCUT2D eigenvalue weighted by molar-refractivity contribution is 5.11. The fourth-order valence-corrected chi connectivity index (χ4v) is 1.45. The maximum Gasteiger partial charge on any atom is 0.176 e. The number of imidazole rings is 1. The second kappa shape index (κ2) is 4.45. The van der Waals surface area contributed by atoms with Gasteiger partial charge in [-0.05, 0) is 25.7 Å². The predicted molar refractivity (Wildman–Crippen MR) is 54.6 cm³/mol. The lowest BCUT2D eigenvalue weighted by Gasteiger charge is -2.05. The van der Waals surface area contributed by atoms with Crippen LogP contribution in [0.15, 0.2) is 0 Å². The number of hydrogen-bond donors (Lipinski definition) is 0. The summed E-state index contributed by atoms with van der Waals surface area (Å²) in [7, 11) is 0. The van der Waals surface area contributed by atoms with Crippen LogP contribution in [-0.4, -0.2) is 9.55 Å². The van der Waals surface area contributed by atoms with Crippen LogP contribution in [0.4, 0.5) is 0 Å². The summed E-state index contributed by atoms with van der Waals surface area (Å²) in [5, 5.41) is 0. The van der Waals surface area contributed by atoms with E-state index in [2.05, 4.69) is 43.6 Å². The van der Waals surface area contributed by atoms with Crippen molar-refractivity contribution in [3.63, 3.8) is 0 Å². The molecule has 13 heavy (non-hydrogen) atoms. The fraction of sp³-hybridized carbons (Fsp3) is 0.727. The average molecular weight is 179 g/mol. The first-order chi connectivity index (χ1) is 6.15. The normalized spacial score (nSPS) is 11.2. The van der Waals surface area contributed by atoms with Gasteiger partial charge in [-0.2, -0.15) is 0 Å². The van der Waals surface area contributed by atoms with Gasteiger partial charge in [0.15, 0.2) is 6.33 Å². The molecule has 0 bridgehead atoms. The van der Waals surface area contributed by atoms with E-state index in [1.807, 2.05) is 0 Å². The SMILES string of the molecule is CCCn1[c]nc(CC(C)C)c1C. The summed E-state index contributed by atoms with van der Waals surface area (Å²) in [5.41, 5.74) is 2.50. The van der Waals surface area contributed by atoms with Gasteiger partial charge in [-0.15, -0.1) is 0 Å². The van der Waals surface area contributed by atoms with E-state index in [1.54, 1.807) is 0 Å². The van der Waals surface area contributed by atoms with Crippen LogP contribution in [0.25, 0.3) is 0 Å². The number of nitrogens with zero attached hydrogens (tertiary/aromatic N) is 2. The Hall–Kier alpha value is -0.790. The molecule has 0 saturated heterocycles. The molecular formula is C11H19N2. The summed E-state index contributed by atoms with van der Waals surface area (Å²) in [5.74, 6) is 0.678. The van der Waals surface area contributed by atoms with Crippen LogP contribution in [0.1, 0.15) is 38.6 Å². The topological polar surface area (TPSA) is 17.8 Å².